The number of rotatable bonds is 10. The first-order chi connectivity index (χ1) is 10.1. The summed E-state index contributed by atoms with van der Waals surface area (Å²) in [6.07, 6.45) is 4.67. The molecule has 118 valence electrons. The Hall–Kier alpha value is -1.62. The summed E-state index contributed by atoms with van der Waals surface area (Å²) < 4.78 is 5.91. The summed E-state index contributed by atoms with van der Waals surface area (Å²) in [7, 11) is 1.82. The molecule has 1 aromatic carbocycles. The standard InChI is InChI=1S/C16H26N2O3/c1-4-6-7-13(5-2)12-21-16-9-8-15(18(19)20)10-14(16)11-17-3/h8-10,13,17H,4-7,11-12H2,1-3H3. The molecule has 0 amide bonds. The van der Waals surface area contributed by atoms with Crippen molar-refractivity contribution in [1.29, 1.82) is 0 Å². The number of nitro groups is 1. The summed E-state index contributed by atoms with van der Waals surface area (Å²) in [6.45, 7) is 5.59. The van der Waals surface area contributed by atoms with Crippen molar-refractivity contribution in [2.45, 2.75) is 46.1 Å². The van der Waals surface area contributed by atoms with Crippen molar-refractivity contribution in [1.82, 2.24) is 5.32 Å². The minimum absolute atomic E-state index is 0.102. The van der Waals surface area contributed by atoms with Gasteiger partial charge in [-0.1, -0.05) is 33.1 Å². The molecule has 1 rings (SSSR count). The normalized spacial score (nSPS) is 12.1. The zero-order valence-corrected chi connectivity index (χ0v) is 13.2. The third kappa shape index (κ3) is 5.71. The first kappa shape index (κ1) is 17.4. The largest absolute Gasteiger partial charge is 0.493 e. The van der Waals surface area contributed by atoms with E-state index in [0.717, 1.165) is 17.7 Å². The van der Waals surface area contributed by atoms with Gasteiger partial charge in [0, 0.05) is 24.2 Å². The second-order valence-corrected chi connectivity index (χ2v) is 5.31. The minimum Gasteiger partial charge on any atom is -0.493 e. The number of nitrogens with zero attached hydrogens (tertiary/aromatic N) is 1. The van der Waals surface area contributed by atoms with Crippen LogP contribution in [-0.2, 0) is 6.54 Å². The second-order valence-electron chi connectivity index (χ2n) is 5.31. The predicted molar refractivity (Wildman–Crippen MR) is 84.7 cm³/mol. The quantitative estimate of drug-likeness (QED) is 0.525. The molecule has 0 aliphatic carbocycles. The van der Waals surface area contributed by atoms with Crippen LogP contribution in [0, 0.1) is 16.0 Å². The van der Waals surface area contributed by atoms with Gasteiger partial charge in [-0.15, -0.1) is 0 Å². The highest BCUT2D eigenvalue weighted by Crippen LogP contribution is 2.25. The van der Waals surface area contributed by atoms with Crippen LogP contribution >= 0.6 is 0 Å². The first-order valence-electron chi connectivity index (χ1n) is 7.67. The zero-order valence-electron chi connectivity index (χ0n) is 13.2. The molecule has 0 fully saturated rings. The Bertz CT molecular complexity index is 449. The molecule has 0 radical (unpaired) electrons. The number of non-ortho nitro benzene ring substituents is 1. The van der Waals surface area contributed by atoms with E-state index in [2.05, 4.69) is 19.2 Å². The van der Waals surface area contributed by atoms with Crippen LogP contribution in [0.15, 0.2) is 18.2 Å². The number of hydrogen-bond donors (Lipinski definition) is 1. The second kappa shape index (κ2) is 9.34. The van der Waals surface area contributed by atoms with Gasteiger partial charge in [0.2, 0.25) is 0 Å². The van der Waals surface area contributed by atoms with Crippen molar-refractivity contribution < 1.29 is 9.66 Å². The fourth-order valence-corrected chi connectivity index (χ4v) is 2.25. The third-order valence-electron chi connectivity index (χ3n) is 3.64. The number of nitrogens with one attached hydrogen (secondary N) is 1. The topological polar surface area (TPSA) is 64.4 Å². The molecule has 0 spiro atoms. The molecule has 0 aliphatic rings. The van der Waals surface area contributed by atoms with Gasteiger partial charge in [-0.25, -0.2) is 0 Å². The van der Waals surface area contributed by atoms with E-state index < -0.39 is 0 Å². The van der Waals surface area contributed by atoms with Gasteiger partial charge in [0.25, 0.3) is 5.69 Å². The van der Waals surface area contributed by atoms with E-state index in [1.807, 2.05) is 7.05 Å². The number of ether oxygens (including phenoxy) is 1. The van der Waals surface area contributed by atoms with E-state index in [9.17, 15) is 10.1 Å². The molecule has 1 N–H and O–H groups in total. The van der Waals surface area contributed by atoms with Crippen LogP contribution in [0.3, 0.4) is 0 Å². The zero-order chi connectivity index (χ0) is 15.7. The Morgan fingerprint density at radius 1 is 1.38 bits per heavy atom. The van der Waals surface area contributed by atoms with Gasteiger partial charge in [-0.3, -0.25) is 10.1 Å². The highest BCUT2D eigenvalue weighted by molar-refractivity contribution is 5.43. The summed E-state index contributed by atoms with van der Waals surface area (Å²) in [5, 5.41) is 13.9. The van der Waals surface area contributed by atoms with E-state index >= 15 is 0 Å². The SMILES string of the molecule is CCCCC(CC)COc1ccc([N+](=O)[O-])cc1CNC. The molecule has 5 nitrogen and oxygen atoms in total. The number of nitro benzene ring substituents is 1. The molecular formula is C16H26N2O3. The lowest BCUT2D eigenvalue weighted by Crippen LogP contribution is -2.14. The van der Waals surface area contributed by atoms with Crippen molar-refractivity contribution in [3.63, 3.8) is 0 Å². The Labute approximate surface area is 126 Å². The predicted octanol–water partition coefficient (Wildman–Crippen LogP) is 3.91. The Balaban J connectivity index is 2.74. The van der Waals surface area contributed by atoms with Crippen LogP contribution in [0.1, 0.15) is 45.1 Å². The molecule has 0 saturated carbocycles. The third-order valence-corrected chi connectivity index (χ3v) is 3.64. The number of benzene rings is 1. The number of hydrogen-bond acceptors (Lipinski definition) is 4. The Morgan fingerprint density at radius 3 is 2.71 bits per heavy atom. The van der Waals surface area contributed by atoms with Crippen LogP contribution in [0.4, 0.5) is 5.69 Å². The molecule has 1 atom stereocenters. The number of unbranched alkanes of at least 4 members (excludes halogenated alkanes) is 1. The summed E-state index contributed by atoms with van der Waals surface area (Å²) in [5.41, 5.74) is 0.933. The summed E-state index contributed by atoms with van der Waals surface area (Å²) in [6, 6.07) is 4.79. The van der Waals surface area contributed by atoms with E-state index in [-0.39, 0.29) is 10.6 Å². The highest BCUT2D eigenvalue weighted by atomic mass is 16.6. The van der Waals surface area contributed by atoms with E-state index in [1.54, 1.807) is 12.1 Å². The molecule has 0 bridgehead atoms. The molecule has 0 saturated heterocycles. The monoisotopic (exact) mass is 294 g/mol. The Morgan fingerprint density at radius 2 is 2.14 bits per heavy atom. The summed E-state index contributed by atoms with van der Waals surface area (Å²) in [5.74, 6) is 1.28. The maximum absolute atomic E-state index is 10.8. The minimum atomic E-state index is -0.376. The van der Waals surface area contributed by atoms with Gasteiger partial charge in [0.1, 0.15) is 5.75 Å². The van der Waals surface area contributed by atoms with Gasteiger partial charge >= 0.3 is 0 Å². The highest BCUT2D eigenvalue weighted by Gasteiger charge is 2.13. The maximum atomic E-state index is 10.8. The van der Waals surface area contributed by atoms with Crippen molar-refractivity contribution in [2.24, 2.45) is 5.92 Å². The molecule has 21 heavy (non-hydrogen) atoms. The maximum Gasteiger partial charge on any atom is 0.270 e. The van der Waals surface area contributed by atoms with E-state index in [4.69, 9.17) is 4.74 Å². The molecule has 5 heteroatoms. The molecule has 0 aliphatic heterocycles. The average molecular weight is 294 g/mol. The van der Waals surface area contributed by atoms with Crippen LogP contribution < -0.4 is 10.1 Å². The molecule has 1 unspecified atom stereocenters. The molecular weight excluding hydrogens is 268 g/mol. The molecule has 0 aromatic heterocycles. The van der Waals surface area contributed by atoms with Crippen LogP contribution in [-0.4, -0.2) is 18.6 Å². The fourth-order valence-electron chi connectivity index (χ4n) is 2.25. The van der Waals surface area contributed by atoms with Gasteiger partial charge in [-0.2, -0.15) is 0 Å². The smallest absolute Gasteiger partial charge is 0.270 e. The van der Waals surface area contributed by atoms with Crippen molar-refractivity contribution in [3.05, 3.63) is 33.9 Å². The van der Waals surface area contributed by atoms with Gasteiger partial charge < -0.3 is 10.1 Å². The lowest BCUT2D eigenvalue weighted by molar-refractivity contribution is -0.384. The average Bonchev–Trinajstić information content (AvgIpc) is 2.48. The van der Waals surface area contributed by atoms with Crippen molar-refractivity contribution in [2.75, 3.05) is 13.7 Å². The van der Waals surface area contributed by atoms with E-state index in [0.29, 0.717) is 19.1 Å². The van der Waals surface area contributed by atoms with E-state index in [1.165, 1.54) is 25.3 Å². The lowest BCUT2D eigenvalue weighted by atomic mass is 10.0. The Kier molecular flexibility index (Phi) is 7.75. The summed E-state index contributed by atoms with van der Waals surface area (Å²) in [4.78, 5) is 10.5. The first-order valence-corrected chi connectivity index (χ1v) is 7.67. The van der Waals surface area contributed by atoms with Crippen LogP contribution in [0.2, 0.25) is 0 Å². The van der Waals surface area contributed by atoms with Crippen LogP contribution in [0.5, 0.6) is 5.75 Å². The van der Waals surface area contributed by atoms with Gasteiger partial charge in [-0.05, 0) is 25.5 Å². The lowest BCUT2D eigenvalue weighted by Gasteiger charge is -2.17. The van der Waals surface area contributed by atoms with Gasteiger partial charge in [0.05, 0.1) is 11.5 Å². The van der Waals surface area contributed by atoms with Crippen molar-refractivity contribution >= 4 is 5.69 Å². The fraction of sp³-hybridized carbons (Fsp3) is 0.625. The molecule has 1 aromatic rings. The van der Waals surface area contributed by atoms with Crippen LogP contribution in [0.25, 0.3) is 0 Å². The van der Waals surface area contributed by atoms with Gasteiger partial charge in [0.15, 0.2) is 0 Å². The molecule has 0 heterocycles. The van der Waals surface area contributed by atoms with Crippen molar-refractivity contribution in [3.8, 4) is 5.75 Å². The summed E-state index contributed by atoms with van der Waals surface area (Å²) >= 11 is 0.